The van der Waals surface area contributed by atoms with Crippen LogP contribution in [-0.4, -0.2) is 9.91 Å². The highest BCUT2D eigenvalue weighted by Crippen LogP contribution is 2.33. The Labute approximate surface area is 105 Å². The van der Waals surface area contributed by atoms with E-state index in [0.717, 1.165) is 11.8 Å². The number of aromatic nitrogens is 1. The molecule has 0 aliphatic heterocycles. The molecule has 92 valence electrons. The van der Waals surface area contributed by atoms with Crippen molar-refractivity contribution in [3.05, 3.63) is 58.4 Å². The lowest BCUT2D eigenvalue weighted by Crippen LogP contribution is -1.94. The molecular formula is C11H6F2N2O2S. The minimum atomic E-state index is -0.955. The van der Waals surface area contributed by atoms with Crippen molar-refractivity contribution in [2.45, 2.75) is 9.79 Å². The van der Waals surface area contributed by atoms with Crippen molar-refractivity contribution in [2.24, 2.45) is 0 Å². The van der Waals surface area contributed by atoms with Gasteiger partial charge in [0.15, 0.2) is 0 Å². The molecule has 1 heterocycles. The lowest BCUT2D eigenvalue weighted by Gasteiger charge is -2.04. The number of halogens is 2. The van der Waals surface area contributed by atoms with Crippen molar-refractivity contribution < 1.29 is 13.7 Å². The summed E-state index contributed by atoms with van der Waals surface area (Å²) in [4.78, 5) is 13.7. The number of rotatable bonds is 3. The smallest absolute Gasteiger partial charge is 0.265 e. The fourth-order valence-electron chi connectivity index (χ4n) is 1.27. The van der Waals surface area contributed by atoms with Gasteiger partial charge in [0.05, 0.1) is 22.0 Å². The van der Waals surface area contributed by atoms with Crippen LogP contribution in [0.5, 0.6) is 0 Å². The van der Waals surface area contributed by atoms with Crippen LogP contribution >= 0.6 is 11.8 Å². The fourth-order valence-corrected chi connectivity index (χ4v) is 2.08. The van der Waals surface area contributed by atoms with Gasteiger partial charge in [0.1, 0.15) is 11.6 Å². The average molecular weight is 268 g/mol. The van der Waals surface area contributed by atoms with E-state index in [2.05, 4.69) is 4.98 Å². The second-order valence-corrected chi connectivity index (χ2v) is 4.36. The molecule has 18 heavy (non-hydrogen) atoms. The second-order valence-electron chi connectivity index (χ2n) is 3.28. The molecule has 1 aromatic heterocycles. The molecular weight excluding hydrogens is 262 g/mol. The van der Waals surface area contributed by atoms with Gasteiger partial charge in [-0.2, -0.15) is 0 Å². The van der Waals surface area contributed by atoms with Crippen molar-refractivity contribution in [1.29, 1.82) is 0 Å². The quantitative estimate of drug-likeness (QED) is 0.632. The van der Waals surface area contributed by atoms with Crippen LogP contribution in [0.15, 0.2) is 46.5 Å². The Balaban J connectivity index is 2.37. The van der Waals surface area contributed by atoms with E-state index >= 15 is 0 Å². The van der Waals surface area contributed by atoms with E-state index in [4.69, 9.17) is 0 Å². The zero-order chi connectivity index (χ0) is 13.1. The highest BCUT2D eigenvalue weighted by Gasteiger charge is 2.17. The third-order valence-electron chi connectivity index (χ3n) is 2.06. The molecule has 0 radical (unpaired) electrons. The molecule has 0 saturated heterocycles. The Hall–Kier alpha value is -2.02. The van der Waals surface area contributed by atoms with Crippen LogP contribution < -0.4 is 0 Å². The highest BCUT2D eigenvalue weighted by molar-refractivity contribution is 7.99. The normalized spacial score (nSPS) is 10.3. The number of hydrogen-bond acceptors (Lipinski definition) is 4. The number of non-ortho nitro benzene ring substituents is 1. The first-order chi connectivity index (χ1) is 8.58. The van der Waals surface area contributed by atoms with Gasteiger partial charge >= 0.3 is 0 Å². The van der Waals surface area contributed by atoms with E-state index in [1.54, 1.807) is 12.1 Å². The van der Waals surface area contributed by atoms with Gasteiger partial charge in [-0.3, -0.25) is 15.1 Å². The minimum Gasteiger partial charge on any atom is -0.265 e. The molecule has 0 spiro atoms. The van der Waals surface area contributed by atoms with E-state index in [9.17, 15) is 18.9 Å². The van der Waals surface area contributed by atoms with E-state index in [-0.39, 0.29) is 4.90 Å². The van der Waals surface area contributed by atoms with Crippen LogP contribution in [0.4, 0.5) is 14.5 Å². The first-order valence-corrected chi connectivity index (χ1v) is 5.61. The molecule has 0 N–H and O–H groups in total. The van der Waals surface area contributed by atoms with Gasteiger partial charge in [0.25, 0.3) is 5.69 Å². The second kappa shape index (κ2) is 5.09. The summed E-state index contributed by atoms with van der Waals surface area (Å²) in [5, 5.41) is 10.4. The molecule has 0 unspecified atom stereocenters. The number of hydrogen-bond donors (Lipinski definition) is 0. The maximum Gasteiger partial charge on any atom is 0.275 e. The third-order valence-corrected chi connectivity index (χ3v) is 3.17. The average Bonchev–Trinajstić information content (AvgIpc) is 2.34. The Morgan fingerprint density at radius 3 is 2.22 bits per heavy atom. The molecule has 1 aromatic carbocycles. The van der Waals surface area contributed by atoms with Gasteiger partial charge in [-0.1, -0.05) is 11.8 Å². The number of pyridine rings is 1. The van der Waals surface area contributed by atoms with Gasteiger partial charge in [0.2, 0.25) is 0 Å². The molecule has 0 saturated carbocycles. The summed E-state index contributed by atoms with van der Waals surface area (Å²) >= 11 is 0.849. The van der Waals surface area contributed by atoms with E-state index in [0.29, 0.717) is 17.0 Å². The van der Waals surface area contributed by atoms with Gasteiger partial charge in [-0.05, 0) is 12.1 Å². The number of nitro groups is 1. The third kappa shape index (κ3) is 2.62. The summed E-state index contributed by atoms with van der Waals surface area (Å²) < 4.78 is 27.2. The van der Waals surface area contributed by atoms with Crippen molar-refractivity contribution in [1.82, 2.24) is 4.98 Å². The summed E-state index contributed by atoms with van der Waals surface area (Å²) in [6.07, 6.45) is 2.98. The Morgan fingerprint density at radius 2 is 1.72 bits per heavy atom. The molecule has 0 aliphatic carbocycles. The molecule has 0 amide bonds. The van der Waals surface area contributed by atoms with Crippen LogP contribution in [0, 0.1) is 21.7 Å². The number of nitro benzene ring substituents is 1. The summed E-state index contributed by atoms with van der Waals surface area (Å²) in [6, 6.07) is 4.58. The molecule has 4 nitrogen and oxygen atoms in total. The van der Waals surface area contributed by atoms with Gasteiger partial charge in [-0.15, -0.1) is 0 Å². The zero-order valence-electron chi connectivity index (χ0n) is 8.84. The lowest BCUT2D eigenvalue weighted by atomic mass is 10.3. The van der Waals surface area contributed by atoms with Crippen LogP contribution in [-0.2, 0) is 0 Å². The Morgan fingerprint density at radius 1 is 1.17 bits per heavy atom. The number of nitrogens with zero attached hydrogens (tertiary/aromatic N) is 2. The summed E-state index contributed by atoms with van der Waals surface area (Å²) in [5.41, 5.74) is -0.607. The zero-order valence-corrected chi connectivity index (χ0v) is 9.66. The Kier molecular flexibility index (Phi) is 3.52. The van der Waals surface area contributed by atoms with Crippen LogP contribution in [0.25, 0.3) is 0 Å². The standard InChI is InChI=1S/C11H6F2N2O2S/c12-9-5-7(15(16)17)6-10(13)11(9)18-8-1-3-14-4-2-8/h1-6H. The largest absolute Gasteiger partial charge is 0.275 e. The predicted molar refractivity (Wildman–Crippen MR) is 61.4 cm³/mol. The topological polar surface area (TPSA) is 56.0 Å². The van der Waals surface area contributed by atoms with Gasteiger partial charge in [0, 0.05) is 17.3 Å². The lowest BCUT2D eigenvalue weighted by molar-refractivity contribution is -0.385. The highest BCUT2D eigenvalue weighted by atomic mass is 32.2. The molecule has 7 heteroatoms. The monoisotopic (exact) mass is 268 g/mol. The van der Waals surface area contributed by atoms with Gasteiger partial charge in [-0.25, -0.2) is 8.78 Å². The maximum atomic E-state index is 13.6. The van der Waals surface area contributed by atoms with Crippen LogP contribution in [0.3, 0.4) is 0 Å². The first kappa shape index (κ1) is 12.4. The summed E-state index contributed by atoms with van der Waals surface area (Å²) in [6.45, 7) is 0. The van der Waals surface area contributed by atoms with Crippen molar-refractivity contribution in [3.8, 4) is 0 Å². The number of benzene rings is 1. The minimum absolute atomic E-state index is 0.271. The van der Waals surface area contributed by atoms with Crippen molar-refractivity contribution in [3.63, 3.8) is 0 Å². The van der Waals surface area contributed by atoms with E-state index in [1.807, 2.05) is 0 Å². The first-order valence-electron chi connectivity index (χ1n) is 4.79. The predicted octanol–water partition coefficient (Wildman–Crippen LogP) is 3.42. The van der Waals surface area contributed by atoms with Crippen molar-refractivity contribution >= 4 is 17.4 Å². The molecule has 2 aromatic rings. The summed E-state index contributed by atoms with van der Waals surface area (Å²) in [5.74, 6) is -1.91. The van der Waals surface area contributed by atoms with Gasteiger partial charge < -0.3 is 0 Å². The summed E-state index contributed by atoms with van der Waals surface area (Å²) in [7, 11) is 0. The molecule has 0 fully saturated rings. The SMILES string of the molecule is O=[N+]([O-])c1cc(F)c(Sc2ccncc2)c(F)c1. The van der Waals surface area contributed by atoms with E-state index < -0.39 is 22.2 Å². The van der Waals surface area contributed by atoms with Crippen molar-refractivity contribution in [2.75, 3.05) is 0 Å². The maximum absolute atomic E-state index is 13.6. The Bertz CT molecular complexity index is 570. The molecule has 0 aliphatic rings. The molecule has 0 bridgehead atoms. The molecule has 0 atom stereocenters. The fraction of sp³-hybridized carbons (Fsp3) is 0. The van der Waals surface area contributed by atoms with Crippen LogP contribution in [0.1, 0.15) is 0 Å². The van der Waals surface area contributed by atoms with Crippen LogP contribution in [0.2, 0.25) is 0 Å². The molecule has 2 rings (SSSR count). The van der Waals surface area contributed by atoms with E-state index in [1.165, 1.54) is 12.4 Å².